The quantitative estimate of drug-likeness (QED) is 0.697. The van der Waals surface area contributed by atoms with Crippen LogP contribution in [0.3, 0.4) is 0 Å². The first-order valence-corrected chi connectivity index (χ1v) is 8.69. The minimum absolute atomic E-state index is 0.257. The van der Waals surface area contributed by atoms with Crippen molar-refractivity contribution in [1.82, 2.24) is 4.98 Å². The second-order valence-electron chi connectivity index (χ2n) is 6.16. The number of hydrogen-bond acceptors (Lipinski definition) is 3. The number of nitrogens with one attached hydrogen (secondary N) is 1. The zero-order chi connectivity index (χ0) is 18.5. The molecule has 0 fully saturated rings. The number of halogens is 1. The first kappa shape index (κ1) is 18.0. The molecule has 0 aliphatic carbocycles. The summed E-state index contributed by atoms with van der Waals surface area (Å²) >= 11 is 6.00. The maximum atomic E-state index is 12.4. The van der Waals surface area contributed by atoms with Gasteiger partial charge in [-0.15, -0.1) is 0 Å². The molecule has 0 unspecified atom stereocenters. The van der Waals surface area contributed by atoms with Gasteiger partial charge in [0.05, 0.1) is 11.9 Å². The fourth-order valence-electron chi connectivity index (χ4n) is 2.61. The first-order valence-electron chi connectivity index (χ1n) is 8.31. The molecule has 5 heteroatoms. The highest BCUT2D eigenvalue weighted by molar-refractivity contribution is 6.31. The predicted octanol–water partition coefficient (Wildman–Crippen LogP) is 4.93. The van der Waals surface area contributed by atoms with E-state index in [0.717, 1.165) is 17.8 Å². The van der Waals surface area contributed by atoms with E-state index in [1.54, 1.807) is 24.4 Å². The zero-order valence-electron chi connectivity index (χ0n) is 14.7. The molecule has 0 spiro atoms. The van der Waals surface area contributed by atoms with Crippen molar-refractivity contribution in [2.75, 3.05) is 17.3 Å². The van der Waals surface area contributed by atoms with Crippen molar-refractivity contribution in [2.45, 2.75) is 13.5 Å². The van der Waals surface area contributed by atoms with E-state index in [1.807, 2.05) is 44.3 Å². The Bertz CT molecular complexity index is 895. The second kappa shape index (κ2) is 8.02. The number of benzene rings is 2. The van der Waals surface area contributed by atoms with Crippen LogP contribution in [0.15, 0.2) is 66.9 Å². The van der Waals surface area contributed by atoms with Gasteiger partial charge in [-0.1, -0.05) is 48.0 Å². The highest BCUT2D eigenvalue weighted by atomic mass is 35.5. The van der Waals surface area contributed by atoms with Crippen LogP contribution in [0.25, 0.3) is 0 Å². The summed E-state index contributed by atoms with van der Waals surface area (Å²) in [5.74, 6) is -0.257. The number of nitrogens with zero attached hydrogens (tertiary/aromatic N) is 2. The van der Waals surface area contributed by atoms with E-state index in [2.05, 4.69) is 27.3 Å². The van der Waals surface area contributed by atoms with Gasteiger partial charge in [-0.2, -0.15) is 0 Å². The lowest BCUT2D eigenvalue weighted by Gasteiger charge is -2.19. The number of aromatic nitrogens is 1. The monoisotopic (exact) mass is 365 g/mol. The molecule has 1 heterocycles. The highest BCUT2D eigenvalue weighted by Gasteiger charge is 2.11. The third-order valence-corrected chi connectivity index (χ3v) is 4.37. The maximum Gasteiger partial charge on any atom is 0.274 e. The molecule has 0 bridgehead atoms. The van der Waals surface area contributed by atoms with E-state index in [4.69, 9.17) is 11.6 Å². The van der Waals surface area contributed by atoms with Crippen molar-refractivity contribution < 1.29 is 4.79 Å². The second-order valence-corrected chi connectivity index (χ2v) is 6.59. The van der Waals surface area contributed by atoms with Crippen LogP contribution in [0, 0.1) is 6.92 Å². The molecule has 0 radical (unpaired) electrons. The lowest BCUT2D eigenvalue weighted by atomic mass is 10.2. The molecule has 1 amide bonds. The molecule has 26 heavy (non-hydrogen) atoms. The van der Waals surface area contributed by atoms with Gasteiger partial charge >= 0.3 is 0 Å². The summed E-state index contributed by atoms with van der Waals surface area (Å²) in [5, 5.41) is 3.44. The summed E-state index contributed by atoms with van der Waals surface area (Å²) in [6.45, 7) is 2.69. The number of aryl methyl sites for hydroxylation is 1. The van der Waals surface area contributed by atoms with Crippen LogP contribution in [0.2, 0.25) is 5.02 Å². The topological polar surface area (TPSA) is 45.2 Å². The predicted molar refractivity (Wildman–Crippen MR) is 107 cm³/mol. The van der Waals surface area contributed by atoms with Gasteiger partial charge < -0.3 is 10.2 Å². The van der Waals surface area contributed by atoms with E-state index in [1.165, 1.54) is 5.56 Å². The highest BCUT2D eigenvalue weighted by Crippen LogP contribution is 2.21. The van der Waals surface area contributed by atoms with E-state index in [0.29, 0.717) is 16.4 Å². The number of amides is 1. The molecule has 3 aromatic rings. The van der Waals surface area contributed by atoms with Crippen molar-refractivity contribution >= 4 is 28.9 Å². The molecule has 1 aromatic heterocycles. The molecule has 4 nitrogen and oxygen atoms in total. The van der Waals surface area contributed by atoms with Gasteiger partial charge in [0, 0.05) is 24.3 Å². The molecule has 0 saturated carbocycles. The number of anilines is 2. The molecule has 3 rings (SSSR count). The summed E-state index contributed by atoms with van der Waals surface area (Å²) in [5.41, 5.74) is 4.16. The van der Waals surface area contributed by atoms with Gasteiger partial charge in [-0.25, -0.2) is 4.98 Å². The summed E-state index contributed by atoms with van der Waals surface area (Å²) in [6, 6.07) is 19.2. The lowest BCUT2D eigenvalue weighted by molar-refractivity contribution is 0.102. The van der Waals surface area contributed by atoms with Crippen LogP contribution in [0.5, 0.6) is 0 Å². The summed E-state index contributed by atoms with van der Waals surface area (Å²) < 4.78 is 0. The van der Waals surface area contributed by atoms with Crippen LogP contribution in [0.4, 0.5) is 11.4 Å². The van der Waals surface area contributed by atoms with Crippen molar-refractivity contribution in [1.29, 1.82) is 0 Å². The molecule has 0 saturated heterocycles. The Balaban J connectivity index is 1.68. The molecule has 2 aromatic carbocycles. The van der Waals surface area contributed by atoms with Crippen LogP contribution in [0.1, 0.15) is 21.6 Å². The third-order valence-electron chi connectivity index (χ3n) is 4.13. The van der Waals surface area contributed by atoms with Crippen molar-refractivity contribution in [3.63, 3.8) is 0 Å². The molecule has 0 aliphatic heterocycles. The number of carbonyl (C=O) groups excluding carboxylic acids is 1. The van der Waals surface area contributed by atoms with Gasteiger partial charge in [0.15, 0.2) is 0 Å². The van der Waals surface area contributed by atoms with Gasteiger partial charge in [-0.05, 0) is 42.3 Å². The van der Waals surface area contributed by atoms with E-state index in [-0.39, 0.29) is 5.91 Å². The average Bonchev–Trinajstić information content (AvgIpc) is 2.65. The summed E-state index contributed by atoms with van der Waals surface area (Å²) in [7, 11) is 2.00. The molecule has 132 valence electrons. The Kier molecular flexibility index (Phi) is 5.54. The Morgan fingerprint density at radius 2 is 1.88 bits per heavy atom. The van der Waals surface area contributed by atoms with Crippen molar-refractivity contribution in [2.24, 2.45) is 0 Å². The van der Waals surface area contributed by atoms with E-state index >= 15 is 0 Å². The number of carbonyl (C=O) groups is 1. The van der Waals surface area contributed by atoms with Crippen LogP contribution < -0.4 is 10.2 Å². The van der Waals surface area contributed by atoms with Crippen LogP contribution in [-0.2, 0) is 6.54 Å². The number of hydrogen-bond donors (Lipinski definition) is 1. The first-order chi connectivity index (χ1) is 12.5. The molecular weight excluding hydrogens is 346 g/mol. The normalized spacial score (nSPS) is 10.4. The average molecular weight is 366 g/mol. The van der Waals surface area contributed by atoms with Crippen LogP contribution >= 0.6 is 11.6 Å². The minimum atomic E-state index is -0.257. The van der Waals surface area contributed by atoms with Crippen molar-refractivity contribution in [3.05, 3.63) is 88.7 Å². The Morgan fingerprint density at radius 3 is 2.58 bits per heavy atom. The third kappa shape index (κ3) is 4.41. The maximum absolute atomic E-state index is 12.4. The number of rotatable bonds is 5. The molecule has 1 N–H and O–H groups in total. The SMILES string of the molecule is Cc1ccc(Cl)cc1NC(=O)c1ccc(N(C)Cc2ccccc2)cn1. The fraction of sp³-hybridized carbons (Fsp3) is 0.143. The Morgan fingerprint density at radius 1 is 1.12 bits per heavy atom. The largest absolute Gasteiger partial charge is 0.369 e. The summed E-state index contributed by atoms with van der Waals surface area (Å²) in [4.78, 5) is 18.8. The smallest absolute Gasteiger partial charge is 0.274 e. The Labute approximate surface area is 158 Å². The van der Waals surface area contributed by atoms with Crippen molar-refractivity contribution in [3.8, 4) is 0 Å². The molecular formula is C21H20ClN3O. The summed E-state index contributed by atoms with van der Waals surface area (Å²) in [6.07, 6.45) is 1.71. The fourth-order valence-corrected chi connectivity index (χ4v) is 2.78. The van der Waals surface area contributed by atoms with E-state index < -0.39 is 0 Å². The van der Waals surface area contributed by atoms with Gasteiger partial charge in [0.1, 0.15) is 5.69 Å². The lowest BCUT2D eigenvalue weighted by Crippen LogP contribution is -2.18. The van der Waals surface area contributed by atoms with Crippen LogP contribution in [-0.4, -0.2) is 17.9 Å². The van der Waals surface area contributed by atoms with E-state index in [9.17, 15) is 4.79 Å². The van der Waals surface area contributed by atoms with Gasteiger partial charge in [0.25, 0.3) is 5.91 Å². The zero-order valence-corrected chi connectivity index (χ0v) is 15.5. The molecule has 0 atom stereocenters. The van der Waals surface area contributed by atoms with Gasteiger partial charge in [-0.3, -0.25) is 4.79 Å². The minimum Gasteiger partial charge on any atom is -0.369 e. The Hall–Kier alpha value is -2.85. The molecule has 0 aliphatic rings. The standard InChI is InChI=1S/C21H20ClN3O/c1-15-8-9-17(22)12-20(15)24-21(26)19-11-10-18(13-23-19)25(2)14-16-6-4-3-5-7-16/h3-13H,14H2,1-2H3,(H,24,26). The van der Waals surface area contributed by atoms with Gasteiger partial charge in [0.2, 0.25) is 0 Å². The number of pyridine rings is 1.